The first-order valence-electron chi connectivity index (χ1n) is 6.43. The van der Waals surface area contributed by atoms with Crippen LogP contribution >= 0.6 is 11.6 Å². The summed E-state index contributed by atoms with van der Waals surface area (Å²) in [4.78, 5) is 18.5. The van der Waals surface area contributed by atoms with Crippen LogP contribution in [-0.4, -0.2) is 49.0 Å². The smallest absolute Gasteiger partial charge is 0.253 e. The van der Waals surface area contributed by atoms with Crippen molar-refractivity contribution in [2.75, 3.05) is 32.5 Å². The van der Waals surface area contributed by atoms with E-state index in [0.29, 0.717) is 16.4 Å². The minimum Gasteiger partial charge on any atom is -0.373 e. The van der Waals surface area contributed by atoms with Gasteiger partial charge in [-0.2, -0.15) is 0 Å². The molecular formula is C13H19ClN4O. The van der Waals surface area contributed by atoms with Gasteiger partial charge in [0, 0.05) is 25.8 Å². The topological polar surface area (TPSA) is 57.3 Å². The number of halogens is 1. The molecule has 1 amide bonds. The highest BCUT2D eigenvalue weighted by atomic mass is 35.5. The summed E-state index contributed by atoms with van der Waals surface area (Å²) < 4.78 is 0. The molecule has 1 aromatic heterocycles. The van der Waals surface area contributed by atoms with Crippen LogP contribution in [0.4, 0.5) is 5.82 Å². The molecule has 1 aliphatic rings. The summed E-state index contributed by atoms with van der Waals surface area (Å²) in [5.41, 5.74) is 0.467. The van der Waals surface area contributed by atoms with Crippen molar-refractivity contribution in [1.29, 1.82) is 0 Å². The van der Waals surface area contributed by atoms with Crippen LogP contribution in [0.3, 0.4) is 0 Å². The summed E-state index contributed by atoms with van der Waals surface area (Å²) in [6, 6.07) is 1.86. The molecule has 19 heavy (non-hydrogen) atoms. The van der Waals surface area contributed by atoms with Gasteiger partial charge in [-0.1, -0.05) is 11.6 Å². The second kappa shape index (κ2) is 6.21. The largest absolute Gasteiger partial charge is 0.373 e. The Morgan fingerprint density at radius 1 is 1.58 bits per heavy atom. The average Bonchev–Trinajstić information content (AvgIpc) is 2.39. The number of anilines is 1. The van der Waals surface area contributed by atoms with Gasteiger partial charge in [0.15, 0.2) is 0 Å². The lowest BCUT2D eigenvalue weighted by molar-refractivity contribution is 0.0912. The van der Waals surface area contributed by atoms with Crippen LogP contribution in [0, 0.1) is 0 Å². The second-order valence-corrected chi connectivity index (χ2v) is 5.28. The van der Waals surface area contributed by atoms with Crippen LogP contribution in [0.25, 0.3) is 0 Å². The lowest BCUT2D eigenvalue weighted by atomic mass is 10.1. The number of hydrogen-bond donors (Lipinski definition) is 2. The normalized spacial score (nSPS) is 20.1. The number of pyridine rings is 1. The summed E-state index contributed by atoms with van der Waals surface area (Å²) >= 11 is 6.03. The van der Waals surface area contributed by atoms with E-state index >= 15 is 0 Å². The molecular weight excluding hydrogens is 264 g/mol. The van der Waals surface area contributed by atoms with E-state index in [1.54, 1.807) is 13.1 Å². The molecule has 1 saturated heterocycles. The third-order valence-electron chi connectivity index (χ3n) is 3.32. The summed E-state index contributed by atoms with van der Waals surface area (Å²) in [6.45, 7) is 1.97. The molecule has 2 heterocycles. The highest BCUT2D eigenvalue weighted by Crippen LogP contribution is 2.18. The molecule has 5 nitrogen and oxygen atoms in total. The molecule has 0 aromatic carbocycles. The first kappa shape index (κ1) is 14.1. The number of carbonyl (C=O) groups is 1. The van der Waals surface area contributed by atoms with Gasteiger partial charge in [0.05, 0.1) is 10.6 Å². The average molecular weight is 283 g/mol. The van der Waals surface area contributed by atoms with Gasteiger partial charge in [-0.3, -0.25) is 4.79 Å². The number of amides is 1. The van der Waals surface area contributed by atoms with E-state index in [2.05, 4.69) is 27.6 Å². The van der Waals surface area contributed by atoms with Crippen molar-refractivity contribution in [3.8, 4) is 0 Å². The fourth-order valence-electron chi connectivity index (χ4n) is 2.30. The molecule has 1 atom stereocenters. The van der Waals surface area contributed by atoms with Crippen molar-refractivity contribution in [2.24, 2.45) is 0 Å². The molecule has 2 rings (SSSR count). The molecule has 0 aliphatic carbocycles. The number of carbonyl (C=O) groups excluding carboxylic acids is 1. The van der Waals surface area contributed by atoms with Crippen molar-refractivity contribution in [3.05, 3.63) is 22.8 Å². The first-order valence-corrected chi connectivity index (χ1v) is 6.80. The van der Waals surface area contributed by atoms with Crippen LogP contribution in [0.5, 0.6) is 0 Å². The molecule has 1 aromatic rings. The number of aromatic nitrogens is 1. The van der Waals surface area contributed by atoms with Crippen molar-refractivity contribution < 1.29 is 4.79 Å². The molecule has 1 fully saturated rings. The maximum absolute atomic E-state index is 12.2. The van der Waals surface area contributed by atoms with E-state index in [9.17, 15) is 4.79 Å². The Kier molecular flexibility index (Phi) is 4.61. The lowest BCUT2D eigenvalue weighted by Gasteiger charge is -2.30. The lowest BCUT2D eigenvalue weighted by Crippen LogP contribution is -2.46. The van der Waals surface area contributed by atoms with Crippen LogP contribution < -0.4 is 10.6 Å². The molecule has 2 N–H and O–H groups in total. The van der Waals surface area contributed by atoms with Gasteiger partial charge in [-0.05, 0) is 32.5 Å². The SMILES string of the molecule is CNc1cc(C(=O)NC2CCCN(C)C2)c(Cl)cn1. The summed E-state index contributed by atoms with van der Waals surface area (Å²) in [5, 5.41) is 6.31. The molecule has 104 valence electrons. The zero-order valence-electron chi connectivity index (χ0n) is 11.2. The number of piperidine rings is 1. The van der Waals surface area contributed by atoms with Crippen molar-refractivity contribution in [1.82, 2.24) is 15.2 Å². The van der Waals surface area contributed by atoms with E-state index in [4.69, 9.17) is 11.6 Å². The van der Waals surface area contributed by atoms with Gasteiger partial charge < -0.3 is 15.5 Å². The maximum Gasteiger partial charge on any atom is 0.253 e. The number of nitrogens with one attached hydrogen (secondary N) is 2. The van der Waals surface area contributed by atoms with Crippen LogP contribution in [0.2, 0.25) is 5.02 Å². The minimum absolute atomic E-state index is 0.135. The van der Waals surface area contributed by atoms with Crippen molar-refractivity contribution >= 4 is 23.3 Å². The fourth-order valence-corrected chi connectivity index (χ4v) is 2.49. The first-order chi connectivity index (χ1) is 9.10. The third kappa shape index (κ3) is 3.58. The van der Waals surface area contributed by atoms with Gasteiger partial charge in [0.2, 0.25) is 0 Å². The number of nitrogens with zero attached hydrogens (tertiary/aromatic N) is 2. The van der Waals surface area contributed by atoms with Crippen LogP contribution in [-0.2, 0) is 0 Å². The van der Waals surface area contributed by atoms with Gasteiger partial charge in [-0.15, -0.1) is 0 Å². The number of hydrogen-bond acceptors (Lipinski definition) is 4. The zero-order valence-corrected chi connectivity index (χ0v) is 12.0. The molecule has 0 bridgehead atoms. The highest BCUT2D eigenvalue weighted by Gasteiger charge is 2.21. The van der Waals surface area contributed by atoms with Gasteiger partial charge in [-0.25, -0.2) is 4.98 Å². The monoisotopic (exact) mass is 282 g/mol. The van der Waals surface area contributed by atoms with E-state index in [1.165, 1.54) is 6.20 Å². The van der Waals surface area contributed by atoms with Crippen LogP contribution in [0.15, 0.2) is 12.3 Å². The number of rotatable bonds is 3. The summed E-state index contributed by atoms with van der Waals surface area (Å²) in [7, 11) is 3.82. The minimum atomic E-state index is -0.135. The van der Waals surface area contributed by atoms with Crippen LogP contribution in [0.1, 0.15) is 23.2 Å². The quantitative estimate of drug-likeness (QED) is 0.884. The molecule has 0 radical (unpaired) electrons. The molecule has 0 saturated carbocycles. The van der Waals surface area contributed by atoms with Gasteiger partial charge in [0.25, 0.3) is 5.91 Å². The second-order valence-electron chi connectivity index (χ2n) is 4.87. The van der Waals surface area contributed by atoms with E-state index in [1.807, 2.05) is 0 Å². The van der Waals surface area contributed by atoms with E-state index in [-0.39, 0.29) is 11.9 Å². The number of likely N-dealkylation sites (N-methyl/N-ethyl adjacent to an activating group) is 1. The fraction of sp³-hybridized carbons (Fsp3) is 0.538. The Bertz CT molecular complexity index is 466. The summed E-state index contributed by atoms with van der Waals surface area (Å²) in [5.74, 6) is 0.500. The van der Waals surface area contributed by atoms with E-state index in [0.717, 1.165) is 25.9 Å². The van der Waals surface area contributed by atoms with Gasteiger partial charge >= 0.3 is 0 Å². The molecule has 6 heteroatoms. The van der Waals surface area contributed by atoms with Gasteiger partial charge in [0.1, 0.15) is 5.82 Å². The Labute approximate surface area is 118 Å². The Balaban J connectivity index is 2.06. The summed E-state index contributed by atoms with van der Waals surface area (Å²) in [6.07, 6.45) is 3.61. The van der Waals surface area contributed by atoms with E-state index < -0.39 is 0 Å². The van der Waals surface area contributed by atoms with Crippen molar-refractivity contribution in [3.63, 3.8) is 0 Å². The molecule has 1 aliphatic heterocycles. The Morgan fingerprint density at radius 3 is 3.05 bits per heavy atom. The maximum atomic E-state index is 12.2. The Hall–Kier alpha value is -1.33. The predicted octanol–water partition coefficient (Wildman–Crippen LogP) is 1.60. The predicted molar refractivity (Wildman–Crippen MR) is 76.8 cm³/mol. The Morgan fingerprint density at radius 2 is 2.37 bits per heavy atom. The standard InChI is InChI=1S/C13H19ClN4O/c1-15-12-6-10(11(14)7-16-12)13(19)17-9-4-3-5-18(2)8-9/h6-7,9H,3-5,8H2,1-2H3,(H,15,16)(H,17,19). The molecule has 0 spiro atoms. The molecule has 1 unspecified atom stereocenters. The highest BCUT2D eigenvalue weighted by molar-refractivity contribution is 6.33. The zero-order chi connectivity index (χ0) is 13.8. The van der Waals surface area contributed by atoms with Crippen molar-refractivity contribution in [2.45, 2.75) is 18.9 Å². The number of likely N-dealkylation sites (tertiary alicyclic amines) is 1. The third-order valence-corrected chi connectivity index (χ3v) is 3.62.